The number of allylic oxidation sites excluding steroid dienone is 2. The molecule has 0 radical (unpaired) electrons. The number of fused-ring (bicyclic) bond motifs is 1. The lowest BCUT2D eigenvalue weighted by molar-refractivity contribution is 0.194. The van der Waals surface area contributed by atoms with Crippen molar-refractivity contribution in [3.8, 4) is 11.5 Å². The molecule has 0 bridgehead atoms. The van der Waals surface area contributed by atoms with Gasteiger partial charge in [0.1, 0.15) is 0 Å². The number of methoxy groups -OCH3 is 3. The van der Waals surface area contributed by atoms with E-state index in [0.29, 0.717) is 13.0 Å². The van der Waals surface area contributed by atoms with E-state index in [2.05, 4.69) is 5.32 Å². The Labute approximate surface area is 136 Å². The maximum atomic E-state index is 10.5. The molecule has 2 N–H and O–H groups in total. The topological polar surface area (TPSA) is 77.0 Å². The summed E-state index contributed by atoms with van der Waals surface area (Å²) in [6, 6.07) is 3.95. The highest BCUT2D eigenvalue weighted by Gasteiger charge is 2.23. The maximum absolute atomic E-state index is 10.5. The standard InChI is InChI=1S/C17H23NO5/c1-21-14-7-6-11-10-15(22-2)12(5-4-8-18-17(19)20)9-13(11)16(14)23-3/h6-7,18H,4-5,8-10H2,1-3H3,(H,19,20). The van der Waals surface area contributed by atoms with E-state index in [9.17, 15) is 4.79 Å². The SMILES string of the molecule is COC1=C(CCCNC(=O)O)Cc2c(ccc(OC)c2OC)C1. The average Bonchev–Trinajstić information content (AvgIpc) is 2.56. The monoisotopic (exact) mass is 321 g/mol. The van der Waals surface area contributed by atoms with E-state index in [-0.39, 0.29) is 0 Å². The van der Waals surface area contributed by atoms with Gasteiger partial charge in [0.2, 0.25) is 0 Å². The summed E-state index contributed by atoms with van der Waals surface area (Å²) in [5, 5.41) is 11.0. The van der Waals surface area contributed by atoms with Crippen LogP contribution in [0, 0.1) is 0 Å². The van der Waals surface area contributed by atoms with Gasteiger partial charge in [-0.05, 0) is 30.0 Å². The Morgan fingerprint density at radius 1 is 1.17 bits per heavy atom. The summed E-state index contributed by atoms with van der Waals surface area (Å²) in [5.41, 5.74) is 3.47. The lowest BCUT2D eigenvalue weighted by Gasteiger charge is -2.25. The quantitative estimate of drug-likeness (QED) is 0.755. The van der Waals surface area contributed by atoms with Gasteiger partial charge in [0.15, 0.2) is 11.5 Å². The van der Waals surface area contributed by atoms with Crippen LogP contribution in [0.5, 0.6) is 11.5 Å². The second-order valence-corrected chi connectivity index (χ2v) is 5.36. The third kappa shape index (κ3) is 3.88. The summed E-state index contributed by atoms with van der Waals surface area (Å²) in [7, 11) is 4.95. The van der Waals surface area contributed by atoms with Crippen LogP contribution >= 0.6 is 0 Å². The second kappa shape index (κ2) is 7.76. The molecule has 0 spiro atoms. The van der Waals surface area contributed by atoms with Gasteiger partial charge in [-0.2, -0.15) is 0 Å². The van der Waals surface area contributed by atoms with Crippen LogP contribution in [0.3, 0.4) is 0 Å². The first kappa shape index (κ1) is 17.0. The van der Waals surface area contributed by atoms with Gasteiger partial charge < -0.3 is 24.6 Å². The molecule has 126 valence electrons. The summed E-state index contributed by atoms with van der Waals surface area (Å²) < 4.78 is 16.4. The fourth-order valence-electron chi connectivity index (χ4n) is 2.94. The zero-order chi connectivity index (χ0) is 16.8. The molecule has 1 aliphatic carbocycles. The Bertz CT molecular complexity index is 609. The fourth-order valence-corrected chi connectivity index (χ4v) is 2.94. The van der Waals surface area contributed by atoms with E-state index in [0.717, 1.165) is 42.1 Å². The number of nitrogens with one attached hydrogen (secondary N) is 1. The predicted molar refractivity (Wildman–Crippen MR) is 86.3 cm³/mol. The van der Waals surface area contributed by atoms with E-state index in [1.807, 2.05) is 12.1 Å². The van der Waals surface area contributed by atoms with E-state index < -0.39 is 6.09 Å². The molecule has 1 aromatic rings. The normalized spacial score (nSPS) is 13.3. The number of carboxylic acid groups (broad SMARTS) is 1. The fraction of sp³-hybridized carbons (Fsp3) is 0.471. The van der Waals surface area contributed by atoms with Crippen LogP contribution in [0.1, 0.15) is 24.0 Å². The highest BCUT2D eigenvalue weighted by atomic mass is 16.5. The first-order valence-electron chi connectivity index (χ1n) is 7.55. The molecule has 0 unspecified atom stereocenters. The third-order valence-electron chi connectivity index (χ3n) is 4.06. The van der Waals surface area contributed by atoms with E-state index in [1.165, 1.54) is 11.1 Å². The molecule has 23 heavy (non-hydrogen) atoms. The van der Waals surface area contributed by atoms with Crippen LogP contribution in [-0.2, 0) is 17.6 Å². The van der Waals surface area contributed by atoms with E-state index in [4.69, 9.17) is 19.3 Å². The highest BCUT2D eigenvalue weighted by molar-refractivity contribution is 5.64. The van der Waals surface area contributed by atoms with Crippen LogP contribution < -0.4 is 14.8 Å². The zero-order valence-corrected chi connectivity index (χ0v) is 13.8. The van der Waals surface area contributed by atoms with Crippen molar-refractivity contribution < 1.29 is 24.1 Å². The maximum Gasteiger partial charge on any atom is 0.404 e. The van der Waals surface area contributed by atoms with Crippen molar-refractivity contribution in [1.82, 2.24) is 5.32 Å². The Morgan fingerprint density at radius 3 is 2.57 bits per heavy atom. The third-order valence-corrected chi connectivity index (χ3v) is 4.06. The predicted octanol–water partition coefficient (Wildman–Crippen LogP) is 2.75. The number of benzene rings is 1. The molecule has 0 aliphatic heterocycles. The molecule has 2 rings (SSSR count). The minimum atomic E-state index is -0.994. The van der Waals surface area contributed by atoms with Gasteiger partial charge in [0.05, 0.1) is 27.1 Å². The van der Waals surface area contributed by atoms with Crippen molar-refractivity contribution in [2.75, 3.05) is 27.9 Å². The molecule has 0 heterocycles. The lowest BCUT2D eigenvalue weighted by Crippen LogP contribution is -2.22. The molecule has 1 aromatic carbocycles. The van der Waals surface area contributed by atoms with Gasteiger partial charge in [-0.1, -0.05) is 6.07 Å². The summed E-state index contributed by atoms with van der Waals surface area (Å²) in [6.45, 7) is 0.429. The molecule has 1 aliphatic rings. The van der Waals surface area contributed by atoms with Crippen molar-refractivity contribution in [1.29, 1.82) is 0 Å². The van der Waals surface area contributed by atoms with Crippen LogP contribution in [0.25, 0.3) is 0 Å². The lowest BCUT2D eigenvalue weighted by atomic mass is 9.87. The van der Waals surface area contributed by atoms with Gasteiger partial charge in [0.25, 0.3) is 0 Å². The summed E-state index contributed by atoms with van der Waals surface area (Å²) in [6.07, 6.45) is 1.96. The average molecular weight is 321 g/mol. The number of carbonyl (C=O) groups is 1. The molecule has 6 nitrogen and oxygen atoms in total. The Kier molecular flexibility index (Phi) is 5.73. The highest BCUT2D eigenvalue weighted by Crippen LogP contribution is 2.39. The van der Waals surface area contributed by atoms with Crippen molar-refractivity contribution in [3.63, 3.8) is 0 Å². The number of rotatable bonds is 7. The van der Waals surface area contributed by atoms with Gasteiger partial charge in [-0.3, -0.25) is 0 Å². The van der Waals surface area contributed by atoms with Crippen molar-refractivity contribution >= 4 is 6.09 Å². The van der Waals surface area contributed by atoms with Crippen LogP contribution in [0.15, 0.2) is 23.5 Å². The van der Waals surface area contributed by atoms with E-state index in [1.54, 1.807) is 21.3 Å². The Hall–Kier alpha value is -2.37. The van der Waals surface area contributed by atoms with Crippen molar-refractivity contribution in [3.05, 3.63) is 34.6 Å². The zero-order valence-electron chi connectivity index (χ0n) is 13.8. The number of amides is 1. The van der Waals surface area contributed by atoms with Crippen LogP contribution in [-0.4, -0.2) is 39.1 Å². The minimum Gasteiger partial charge on any atom is -0.501 e. The van der Waals surface area contributed by atoms with Gasteiger partial charge >= 0.3 is 6.09 Å². The van der Waals surface area contributed by atoms with Crippen LogP contribution in [0.2, 0.25) is 0 Å². The molecule has 1 amide bonds. The van der Waals surface area contributed by atoms with Crippen LogP contribution in [0.4, 0.5) is 4.79 Å². The molecular weight excluding hydrogens is 298 g/mol. The van der Waals surface area contributed by atoms with E-state index >= 15 is 0 Å². The molecule has 0 fully saturated rings. The molecule has 0 saturated heterocycles. The van der Waals surface area contributed by atoms with Gasteiger partial charge in [-0.15, -0.1) is 0 Å². The minimum absolute atomic E-state index is 0.429. The van der Waals surface area contributed by atoms with Crippen molar-refractivity contribution in [2.24, 2.45) is 0 Å². The van der Waals surface area contributed by atoms with Crippen molar-refractivity contribution in [2.45, 2.75) is 25.7 Å². The smallest absolute Gasteiger partial charge is 0.404 e. The number of ether oxygens (including phenoxy) is 3. The number of hydrogen-bond acceptors (Lipinski definition) is 4. The van der Waals surface area contributed by atoms with Gasteiger partial charge in [-0.25, -0.2) is 4.79 Å². The summed E-state index contributed by atoms with van der Waals surface area (Å²) in [5.74, 6) is 2.44. The summed E-state index contributed by atoms with van der Waals surface area (Å²) >= 11 is 0. The molecular formula is C17H23NO5. The second-order valence-electron chi connectivity index (χ2n) is 5.36. The Balaban J connectivity index is 2.18. The van der Waals surface area contributed by atoms with Gasteiger partial charge in [0, 0.05) is 24.9 Å². The largest absolute Gasteiger partial charge is 0.501 e. The first-order valence-corrected chi connectivity index (χ1v) is 7.55. The number of hydrogen-bond donors (Lipinski definition) is 2. The molecule has 0 saturated carbocycles. The first-order chi connectivity index (χ1) is 11.1. The molecule has 0 atom stereocenters. The molecule has 6 heteroatoms. The Morgan fingerprint density at radius 2 is 1.96 bits per heavy atom. The summed E-state index contributed by atoms with van der Waals surface area (Å²) in [4.78, 5) is 10.5. The molecule has 0 aromatic heterocycles.